The molecule has 1 aromatic carbocycles. The van der Waals surface area contributed by atoms with Gasteiger partial charge in [-0.05, 0) is 24.8 Å². The Kier molecular flexibility index (Phi) is 4.41. The largest absolute Gasteiger partial charge is 0.374 e. The molecule has 2 heterocycles. The second kappa shape index (κ2) is 6.51. The molecular weight excluding hydrogens is 358 g/mol. The number of ether oxygens (including phenoxy) is 1. The summed E-state index contributed by atoms with van der Waals surface area (Å²) in [4.78, 5) is 15.1. The lowest BCUT2D eigenvalue weighted by molar-refractivity contribution is -0.145. The van der Waals surface area contributed by atoms with Gasteiger partial charge in [0.15, 0.2) is 0 Å². The van der Waals surface area contributed by atoms with Crippen molar-refractivity contribution in [3.05, 3.63) is 35.9 Å². The second-order valence-corrected chi connectivity index (χ2v) is 7.60. The summed E-state index contributed by atoms with van der Waals surface area (Å²) in [5.74, 6) is 0.179. The maximum absolute atomic E-state index is 13.1. The number of morpholine rings is 1. The molecule has 2 aliphatic heterocycles. The fraction of sp³-hybridized carbons (Fsp3) is 0.588. The summed E-state index contributed by atoms with van der Waals surface area (Å²) in [6, 6.07) is 10.3. The molecule has 1 aromatic rings. The Labute approximate surface area is 144 Å². The number of carbonyl (C=O) groups excluding carboxylic acids is 1. The third-order valence-electron chi connectivity index (χ3n) is 5.22. The molecule has 5 atom stereocenters. The Morgan fingerprint density at radius 3 is 2.87 bits per heavy atom. The van der Waals surface area contributed by atoms with E-state index in [2.05, 4.69) is 38.9 Å². The van der Waals surface area contributed by atoms with Gasteiger partial charge in [-0.2, -0.15) is 0 Å². The van der Waals surface area contributed by atoms with Crippen molar-refractivity contribution in [3.63, 3.8) is 0 Å². The van der Waals surface area contributed by atoms with Crippen LogP contribution in [0, 0.1) is 0 Å². The average molecular weight is 380 g/mol. The maximum Gasteiger partial charge on any atom is 0.242 e. The zero-order valence-corrected chi connectivity index (χ0v) is 14.5. The number of benzene rings is 1. The predicted molar refractivity (Wildman–Crippen MR) is 91.0 cm³/mol. The number of nitrogens with one attached hydrogen (secondary N) is 2. The lowest BCUT2D eigenvalue weighted by Gasteiger charge is -2.39. The minimum Gasteiger partial charge on any atom is -0.374 e. The van der Waals surface area contributed by atoms with Gasteiger partial charge in [0, 0.05) is 6.54 Å². The van der Waals surface area contributed by atoms with Gasteiger partial charge < -0.3 is 9.64 Å². The molecule has 1 amide bonds. The van der Waals surface area contributed by atoms with Crippen molar-refractivity contribution in [1.29, 1.82) is 0 Å². The highest BCUT2D eigenvalue weighted by Crippen LogP contribution is 2.33. The van der Waals surface area contributed by atoms with Crippen LogP contribution < -0.4 is 10.9 Å². The number of amides is 1. The predicted octanol–water partition coefficient (Wildman–Crippen LogP) is 1.75. The highest BCUT2D eigenvalue weighted by Gasteiger charge is 2.45. The number of hydrogen-bond donors (Lipinski definition) is 2. The summed E-state index contributed by atoms with van der Waals surface area (Å²) in [6.45, 7) is 1.36. The lowest BCUT2D eigenvalue weighted by atomic mass is 10.0. The Hall–Kier alpha value is -0.950. The van der Waals surface area contributed by atoms with Crippen LogP contribution in [0.4, 0.5) is 0 Å². The topological polar surface area (TPSA) is 53.6 Å². The SMILES string of the molecule is O=C(C1NNC(c2ccccc2)C1Br)N1CCOC2CCCC21. The molecule has 0 aromatic heterocycles. The minimum absolute atomic E-state index is 0.0279. The molecule has 1 aliphatic carbocycles. The number of nitrogens with zero attached hydrogens (tertiary/aromatic N) is 1. The van der Waals surface area contributed by atoms with E-state index in [1.54, 1.807) is 0 Å². The third kappa shape index (κ3) is 2.82. The van der Waals surface area contributed by atoms with E-state index in [1.807, 2.05) is 23.1 Å². The average Bonchev–Trinajstić information content (AvgIpc) is 3.21. The lowest BCUT2D eigenvalue weighted by Crippen LogP contribution is -2.57. The molecule has 3 fully saturated rings. The number of alkyl halides is 1. The molecule has 1 saturated carbocycles. The monoisotopic (exact) mass is 379 g/mol. The van der Waals surface area contributed by atoms with Crippen LogP contribution in [0.15, 0.2) is 30.3 Å². The minimum atomic E-state index is -0.250. The molecule has 0 bridgehead atoms. The first-order valence-electron chi connectivity index (χ1n) is 8.38. The molecule has 23 heavy (non-hydrogen) atoms. The van der Waals surface area contributed by atoms with E-state index in [0.717, 1.165) is 19.3 Å². The van der Waals surface area contributed by atoms with Crippen molar-refractivity contribution >= 4 is 21.8 Å². The number of hydrazine groups is 1. The molecule has 3 aliphatic rings. The standard InChI is InChI=1S/C17H22BrN3O2/c18-14-15(11-5-2-1-3-6-11)19-20-16(14)17(22)21-9-10-23-13-8-4-7-12(13)21/h1-3,5-6,12-16,19-20H,4,7-10H2. The van der Waals surface area contributed by atoms with E-state index < -0.39 is 0 Å². The zero-order valence-electron chi connectivity index (χ0n) is 13.0. The quantitative estimate of drug-likeness (QED) is 0.768. The van der Waals surface area contributed by atoms with Gasteiger partial charge in [0.25, 0.3) is 0 Å². The van der Waals surface area contributed by atoms with Gasteiger partial charge in [-0.1, -0.05) is 46.3 Å². The number of halogens is 1. The molecule has 0 radical (unpaired) electrons. The highest BCUT2D eigenvalue weighted by molar-refractivity contribution is 9.09. The molecule has 0 spiro atoms. The van der Waals surface area contributed by atoms with E-state index in [0.29, 0.717) is 13.2 Å². The van der Waals surface area contributed by atoms with Crippen molar-refractivity contribution in [2.75, 3.05) is 13.2 Å². The summed E-state index contributed by atoms with van der Waals surface area (Å²) in [7, 11) is 0. The molecule has 6 heteroatoms. The van der Waals surface area contributed by atoms with Crippen LogP contribution >= 0.6 is 15.9 Å². The third-order valence-corrected chi connectivity index (χ3v) is 6.28. The summed E-state index contributed by atoms with van der Waals surface area (Å²) >= 11 is 3.74. The molecule has 124 valence electrons. The first kappa shape index (κ1) is 15.6. The first-order valence-corrected chi connectivity index (χ1v) is 9.29. The normalized spacial score (nSPS) is 36.9. The maximum atomic E-state index is 13.1. The van der Waals surface area contributed by atoms with Gasteiger partial charge in [0.2, 0.25) is 5.91 Å². The number of rotatable bonds is 2. The van der Waals surface area contributed by atoms with Crippen LogP contribution in [0.25, 0.3) is 0 Å². The Morgan fingerprint density at radius 1 is 1.22 bits per heavy atom. The van der Waals surface area contributed by atoms with Crippen molar-refractivity contribution in [3.8, 4) is 0 Å². The Balaban J connectivity index is 1.49. The van der Waals surface area contributed by atoms with E-state index in [9.17, 15) is 4.79 Å². The molecule has 5 unspecified atom stereocenters. The number of carbonyl (C=O) groups is 1. The fourth-order valence-electron chi connectivity index (χ4n) is 4.03. The zero-order chi connectivity index (χ0) is 15.8. The van der Waals surface area contributed by atoms with Crippen LogP contribution in [0.5, 0.6) is 0 Å². The fourth-order valence-corrected chi connectivity index (χ4v) is 4.83. The first-order chi connectivity index (χ1) is 11.3. The van der Waals surface area contributed by atoms with Crippen molar-refractivity contribution in [2.45, 2.75) is 48.3 Å². The molecule has 5 nitrogen and oxygen atoms in total. The van der Waals surface area contributed by atoms with Gasteiger partial charge in [-0.25, -0.2) is 10.9 Å². The number of fused-ring (bicyclic) bond motifs is 1. The summed E-state index contributed by atoms with van der Waals surface area (Å²) in [5, 5.41) is 0. The van der Waals surface area contributed by atoms with Crippen LogP contribution in [-0.4, -0.2) is 47.0 Å². The Bertz CT molecular complexity index is 570. The van der Waals surface area contributed by atoms with Gasteiger partial charge in [0.05, 0.1) is 29.6 Å². The van der Waals surface area contributed by atoms with Crippen molar-refractivity contribution < 1.29 is 9.53 Å². The molecule has 2 N–H and O–H groups in total. The van der Waals surface area contributed by atoms with E-state index in [4.69, 9.17) is 4.74 Å². The summed E-state index contributed by atoms with van der Waals surface area (Å²) < 4.78 is 5.82. The summed E-state index contributed by atoms with van der Waals surface area (Å²) in [5.41, 5.74) is 7.66. The Morgan fingerprint density at radius 2 is 2.04 bits per heavy atom. The van der Waals surface area contributed by atoms with Crippen molar-refractivity contribution in [1.82, 2.24) is 15.8 Å². The van der Waals surface area contributed by atoms with E-state index in [-0.39, 0.29) is 35.0 Å². The van der Waals surface area contributed by atoms with Gasteiger partial charge in [-0.3, -0.25) is 4.79 Å². The van der Waals surface area contributed by atoms with Crippen LogP contribution in [0.3, 0.4) is 0 Å². The van der Waals surface area contributed by atoms with E-state index in [1.165, 1.54) is 5.56 Å². The van der Waals surface area contributed by atoms with Gasteiger partial charge in [0.1, 0.15) is 6.04 Å². The van der Waals surface area contributed by atoms with Crippen LogP contribution in [-0.2, 0) is 9.53 Å². The summed E-state index contributed by atoms with van der Waals surface area (Å²) in [6.07, 6.45) is 3.53. The number of hydrogen-bond acceptors (Lipinski definition) is 4. The van der Waals surface area contributed by atoms with Crippen LogP contribution in [0.1, 0.15) is 30.9 Å². The van der Waals surface area contributed by atoms with Crippen LogP contribution in [0.2, 0.25) is 0 Å². The highest BCUT2D eigenvalue weighted by atomic mass is 79.9. The van der Waals surface area contributed by atoms with Crippen molar-refractivity contribution in [2.24, 2.45) is 0 Å². The molecule has 4 rings (SSSR count). The molecule has 2 saturated heterocycles. The molecular formula is C17H22BrN3O2. The van der Waals surface area contributed by atoms with Gasteiger partial charge >= 0.3 is 0 Å². The smallest absolute Gasteiger partial charge is 0.242 e. The van der Waals surface area contributed by atoms with Gasteiger partial charge in [-0.15, -0.1) is 0 Å². The van der Waals surface area contributed by atoms with E-state index >= 15 is 0 Å². The second-order valence-electron chi connectivity index (χ2n) is 6.54.